The van der Waals surface area contributed by atoms with Gasteiger partial charge in [-0.15, -0.1) is 6.58 Å². The summed E-state index contributed by atoms with van der Waals surface area (Å²) in [5, 5.41) is 0. The fourth-order valence-corrected chi connectivity index (χ4v) is 0. The summed E-state index contributed by atoms with van der Waals surface area (Å²) in [6, 6.07) is 0. The third-order valence-electron chi connectivity index (χ3n) is 0.408. The van der Waals surface area contributed by atoms with Crippen LogP contribution in [0.3, 0.4) is 0 Å². The van der Waals surface area contributed by atoms with Crippen LogP contribution in [0.4, 0.5) is 0 Å². The number of halogens is 1. The number of hydrogen-bond donors (Lipinski definition) is 0. The average Bonchev–Trinajstić information content (AvgIpc) is 1.73. The summed E-state index contributed by atoms with van der Waals surface area (Å²) in [7, 11) is 0. The van der Waals surface area contributed by atoms with E-state index >= 15 is 0 Å². The topological polar surface area (TPSA) is 0 Å². The van der Waals surface area contributed by atoms with Crippen molar-refractivity contribution in [3.8, 4) is 0 Å². The van der Waals surface area contributed by atoms with Gasteiger partial charge in [-0.05, 0) is 5.92 Å². The molecule has 1 radical (unpaired) electrons. The van der Waals surface area contributed by atoms with Crippen molar-refractivity contribution < 1.29 is 13.7 Å². The van der Waals surface area contributed by atoms with E-state index in [4.69, 9.17) is 0 Å². The molecule has 2 heteroatoms. The van der Waals surface area contributed by atoms with Crippen molar-refractivity contribution in [1.82, 2.24) is 0 Å². The van der Waals surface area contributed by atoms with E-state index in [9.17, 15) is 0 Å². The Kier molecular flexibility index (Phi) is 15.0. The van der Waals surface area contributed by atoms with Crippen LogP contribution >= 0.6 is 14.2 Å². The second kappa shape index (κ2) is 9.86. The minimum atomic E-state index is 1.27. The first-order valence-corrected chi connectivity index (χ1v) is 4.26. The third kappa shape index (κ3) is 20.3. The van der Waals surface area contributed by atoms with Crippen molar-refractivity contribution in [2.45, 2.75) is 13.8 Å². The standard InChI is InChI=1S/C5H9.BrH.Ni/c1-4-5(2)3;;/h4H,1H2,2-3H3;1H;/q;;+1/p-1. The fourth-order valence-electron chi connectivity index (χ4n) is 0. The zero-order chi connectivity index (χ0) is 6.28. The Morgan fingerprint density at radius 1 is 1.57 bits per heavy atom. The fraction of sp³-hybridized carbons (Fsp3) is 0.400. The predicted molar refractivity (Wildman–Crippen MR) is 33.7 cm³/mol. The maximum atomic E-state index is 3.69. The van der Waals surface area contributed by atoms with E-state index in [0.29, 0.717) is 0 Å². The second-order valence-corrected chi connectivity index (χ2v) is 1.28. The first-order valence-electron chi connectivity index (χ1n) is 1.82. The molecule has 0 nitrogen and oxygen atoms in total. The van der Waals surface area contributed by atoms with Crippen LogP contribution in [0.5, 0.6) is 0 Å². The van der Waals surface area contributed by atoms with E-state index in [1.54, 1.807) is 0 Å². The molecule has 0 bridgehead atoms. The SMILES string of the molecule is C=C[C](C)C.[Ni][Br]. The van der Waals surface area contributed by atoms with Gasteiger partial charge in [-0.1, -0.05) is 19.9 Å². The molecule has 0 amide bonds. The molecule has 0 aliphatic carbocycles. The molecule has 0 heterocycles. The molecule has 7 heavy (non-hydrogen) atoms. The van der Waals surface area contributed by atoms with Crippen LogP contribution in [-0.2, 0) is 13.7 Å². The Labute approximate surface area is 60.5 Å². The summed E-state index contributed by atoms with van der Waals surface area (Å²) >= 11 is 6.25. The molecule has 0 saturated heterocycles. The molecule has 0 atom stereocenters. The maximum absolute atomic E-state index is 3.69. The van der Waals surface area contributed by atoms with Crippen molar-refractivity contribution in [3.05, 3.63) is 18.6 Å². The summed E-state index contributed by atoms with van der Waals surface area (Å²) in [4.78, 5) is 0. The first kappa shape index (κ1) is 10.6. The van der Waals surface area contributed by atoms with Crippen LogP contribution in [0.15, 0.2) is 12.7 Å². The molecule has 0 saturated carbocycles. The van der Waals surface area contributed by atoms with Crippen LogP contribution in [0.1, 0.15) is 13.8 Å². The van der Waals surface area contributed by atoms with Gasteiger partial charge in [0, 0.05) is 0 Å². The first-order chi connectivity index (χ1) is 3.27. The molecular formula is C5H9BrNi. The van der Waals surface area contributed by atoms with Gasteiger partial charge in [0.25, 0.3) is 0 Å². The summed E-state index contributed by atoms with van der Waals surface area (Å²) in [6.45, 7) is 7.56. The predicted octanol–water partition coefficient (Wildman–Crippen LogP) is 2.63. The van der Waals surface area contributed by atoms with Crippen molar-refractivity contribution in [1.29, 1.82) is 0 Å². The normalized spacial score (nSPS) is 7.14. The summed E-state index contributed by atoms with van der Waals surface area (Å²) in [6.07, 6.45) is 1.83. The summed E-state index contributed by atoms with van der Waals surface area (Å²) in [5.74, 6) is 1.27. The molecule has 0 N–H and O–H groups in total. The molecular weight excluding hydrogens is 199 g/mol. The molecule has 0 aromatic heterocycles. The van der Waals surface area contributed by atoms with Gasteiger partial charge in [0.15, 0.2) is 0 Å². The number of allylic oxidation sites excluding steroid dienone is 1. The van der Waals surface area contributed by atoms with E-state index in [1.807, 2.05) is 19.9 Å². The van der Waals surface area contributed by atoms with E-state index in [0.717, 1.165) is 0 Å². The Bertz CT molecular complexity index is 35.1. The molecule has 0 unspecified atom stereocenters. The third-order valence-corrected chi connectivity index (χ3v) is 0.408. The quantitative estimate of drug-likeness (QED) is 0.580. The van der Waals surface area contributed by atoms with Gasteiger partial charge in [0.05, 0.1) is 0 Å². The zero-order valence-corrected chi connectivity index (χ0v) is 7.05. The zero-order valence-electron chi connectivity index (χ0n) is 4.48. The molecule has 0 spiro atoms. The molecule has 0 aromatic carbocycles. The van der Waals surface area contributed by atoms with E-state index in [1.165, 1.54) is 5.92 Å². The summed E-state index contributed by atoms with van der Waals surface area (Å²) < 4.78 is 0. The number of hydrogen-bond acceptors (Lipinski definition) is 0. The van der Waals surface area contributed by atoms with E-state index < -0.39 is 0 Å². The molecule has 0 aliphatic heterocycles. The second-order valence-electron chi connectivity index (χ2n) is 1.28. The average molecular weight is 208 g/mol. The van der Waals surface area contributed by atoms with Crippen LogP contribution < -0.4 is 0 Å². The molecule has 0 aromatic rings. The van der Waals surface area contributed by atoms with Crippen LogP contribution in [0.25, 0.3) is 0 Å². The van der Waals surface area contributed by atoms with Gasteiger partial charge < -0.3 is 0 Å². The molecule has 46 valence electrons. The number of rotatable bonds is 1. The van der Waals surface area contributed by atoms with Crippen molar-refractivity contribution in [2.75, 3.05) is 0 Å². The van der Waals surface area contributed by atoms with Crippen molar-refractivity contribution in [3.63, 3.8) is 0 Å². The van der Waals surface area contributed by atoms with E-state index in [2.05, 4.69) is 34.5 Å². The van der Waals surface area contributed by atoms with Crippen molar-refractivity contribution in [2.24, 2.45) is 0 Å². The van der Waals surface area contributed by atoms with Crippen LogP contribution in [-0.4, -0.2) is 0 Å². The Hall–Kier alpha value is 0.714. The molecule has 0 fully saturated rings. The Morgan fingerprint density at radius 3 is 1.71 bits per heavy atom. The van der Waals surface area contributed by atoms with Gasteiger partial charge in [-0.25, -0.2) is 0 Å². The van der Waals surface area contributed by atoms with Gasteiger partial charge in [-0.3, -0.25) is 0 Å². The Morgan fingerprint density at radius 2 is 1.71 bits per heavy atom. The minimum absolute atomic E-state index is 1.27. The van der Waals surface area contributed by atoms with Crippen LogP contribution in [0.2, 0.25) is 0 Å². The van der Waals surface area contributed by atoms with E-state index in [-0.39, 0.29) is 0 Å². The molecule has 0 rings (SSSR count). The van der Waals surface area contributed by atoms with Gasteiger partial charge >= 0.3 is 27.9 Å². The van der Waals surface area contributed by atoms with Gasteiger partial charge in [0.2, 0.25) is 0 Å². The summed E-state index contributed by atoms with van der Waals surface area (Å²) in [5.41, 5.74) is 0. The van der Waals surface area contributed by atoms with Gasteiger partial charge in [-0.2, -0.15) is 0 Å². The van der Waals surface area contributed by atoms with Gasteiger partial charge in [0.1, 0.15) is 0 Å². The monoisotopic (exact) mass is 206 g/mol. The van der Waals surface area contributed by atoms with Crippen molar-refractivity contribution >= 4 is 14.2 Å². The Balaban J connectivity index is 0. The van der Waals surface area contributed by atoms with Crippen LogP contribution in [0, 0.1) is 5.92 Å². The molecule has 0 aliphatic rings.